The third-order valence-electron chi connectivity index (χ3n) is 5.02. The predicted molar refractivity (Wildman–Crippen MR) is 126 cm³/mol. The van der Waals surface area contributed by atoms with Crippen molar-refractivity contribution in [3.63, 3.8) is 0 Å². The van der Waals surface area contributed by atoms with Crippen molar-refractivity contribution in [2.75, 3.05) is 13.2 Å². The third-order valence-corrected chi connectivity index (χ3v) is 6.10. The molecule has 0 unspecified atom stereocenters. The first-order valence-electron chi connectivity index (χ1n) is 10.7. The van der Waals surface area contributed by atoms with Crippen LogP contribution in [0.1, 0.15) is 54.9 Å². The molecule has 0 aliphatic heterocycles. The fourth-order valence-electron chi connectivity index (χ4n) is 3.19. The summed E-state index contributed by atoms with van der Waals surface area (Å²) in [4.78, 5) is 13.7. The molecule has 2 aromatic carbocycles. The first-order valence-corrected chi connectivity index (χ1v) is 11.5. The predicted octanol–water partition coefficient (Wildman–Crippen LogP) is 6.41. The molecule has 0 bridgehead atoms. The van der Waals surface area contributed by atoms with Crippen LogP contribution in [0.3, 0.4) is 0 Å². The molecule has 5 heteroatoms. The summed E-state index contributed by atoms with van der Waals surface area (Å²) in [7, 11) is 0. The molecule has 164 valence electrons. The van der Waals surface area contributed by atoms with Crippen molar-refractivity contribution < 1.29 is 13.9 Å². The van der Waals surface area contributed by atoms with Crippen molar-refractivity contribution in [1.82, 2.24) is 5.32 Å². The fraction of sp³-hybridized carbons (Fsp3) is 0.346. The molecular weight excluding hydrogens is 406 g/mol. The van der Waals surface area contributed by atoms with Gasteiger partial charge in [0.05, 0.1) is 6.61 Å². The summed E-state index contributed by atoms with van der Waals surface area (Å²) in [5.74, 6) is 0.981. The molecule has 4 nitrogen and oxygen atoms in total. The second kappa shape index (κ2) is 10.1. The number of rotatable bonds is 8. The molecule has 0 saturated heterocycles. The summed E-state index contributed by atoms with van der Waals surface area (Å²) in [6, 6.07) is 18.0. The summed E-state index contributed by atoms with van der Waals surface area (Å²) in [6.07, 6.45) is 0.697. The highest BCUT2D eigenvalue weighted by Crippen LogP contribution is 2.35. The number of hydrogen-bond acceptors (Lipinski definition) is 4. The van der Waals surface area contributed by atoms with E-state index in [1.54, 1.807) is 17.8 Å². The molecule has 1 N–H and O–H groups in total. The van der Waals surface area contributed by atoms with Crippen LogP contribution in [0.25, 0.3) is 0 Å². The minimum atomic E-state index is -0.207. The Morgan fingerprint density at radius 2 is 1.87 bits per heavy atom. The minimum Gasteiger partial charge on any atom is -0.494 e. The topological polar surface area (TPSA) is 51.5 Å². The quantitative estimate of drug-likeness (QED) is 0.442. The van der Waals surface area contributed by atoms with E-state index < -0.39 is 0 Å². The number of benzene rings is 2. The Kier molecular flexibility index (Phi) is 7.50. The van der Waals surface area contributed by atoms with E-state index in [1.807, 2.05) is 37.3 Å². The van der Waals surface area contributed by atoms with Crippen LogP contribution < -0.4 is 10.1 Å². The van der Waals surface area contributed by atoms with Gasteiger partial charge in [0.15, 0.2) is 10.9 Å². The molecule has 0 aliphatic rings. The standard InChI is InChI=1S/C26H31NO3S/c1-6-29-21-10-8-7-9-19(21)15-16-27-25(28)22-13-14-24(30-22)31-23-17-20(26(3,4)5)12-11-18(23)2/h7-14,17H,6,15-16H2,1-5H3,(H,27,28). The maximum Gasteiger partial charge on any atom is 0.287 e. The van der Waals surface area contributed by atoms with Gasteiger partial charge in [-0.25, -0.2) is 0 Å². The number of nitrogens with one attached hydrogen (secondary N) is 1. The van der Waals surface area contributed by atoms with Crippen LogP contribution in [-0.4, -0.2) is 19.1 Å². The zero-order valence-corrected chi connectivity index (χ0v) is 19.8. The Morgan fingerprint density at radius 3 is 2.61 bits per heavy atom. The van der Waals surface area contributed by atoms with Gasteiger partial charge in [-0.15, -0.1) is 0 Å². The van der Waals surface area contributed by atoms with Crippen molar-refractivity contribution in [2.45, 2.75) is 56.4 Å². The number of furan rings is 1. The van der Waals surface area contributed by atoms with Crippen molar-refractivity contribution in [1.29, 1.82) is 0 Å². The highest BCUT2D eigenvalue weighted by molar-refractivity contribution is 7.99. The molecule has 3 rings (SSSR count). The smallest absolute Gasteiger partial charge is 0.287 e. The summed E-state index contributed by atoms with van der Waals surface area (Å²) < 4.78 is 11.5. The summed E-state index contributed by atoms with van der Waals surface area (Å²) in [6.45, 7) is 11.8. The lowest BCUT2D eigenvalue weighted by atomic mass is 9.87. The Bertz CT molecular complexity index is 1030. The van der Waals surface area contributed by atoms with E-state index in [9.17, 15) is 4.79 Å². The molecule has 1 aromatic heterocycles. The Hall–Kier alpha value is -2.66. The molecule has 0 atom stereocenters. The largest absolute Gasteiger partial charge is 0.494 e. The van der Waals surface area contributed by atoms with Crippen LogP contribution in [0.5, 0.6) is 5.75 Å². The Morgan fingerprint density at radius 1 is 1.10 bits per heavy atom. The van der Waals surface area contributed by atoms with Gasteiger partial charge in [-0.05, 0) is 66.6 Å². The molecule has 0 radical (unpaired) electrons. The normalized spacial score (nSPS) is 11.4. The number of carbonyl (C=O) groups excluding carboxylic acids is 1. The van der Waals surface area contributed by atoms with Gasteiger partial charge in [0.1, 0.15) is 5.75 Å². The van der Waals surface area contributed by atoms with E-state index in [0.717, 1.165) is 16.2 Å². The van der Waals surface area contributed by atoms with Crippen molar-refractivity contribution >= 4 is 17.7 Å². The van der Waals surface area contributed by atoms with E-state index in [4.69, 9.17) is 9.15 Å². The van der Waals surface area contributed by atoms with Gasteiger partial charge < -0.3 is 14.5 Å². The minimum absolute atomic E-state index is 0.0814. The maximum atomic E-state index is 12.5. The average molecular weight is 438 g/mol. The van der Waals surface area contributed by atoms with E-state index in [1.165, 1.54) is 11.1 Å². The number of carbonyl (C=O) groups is 1. The summed E-state index contributed by atoms with van der Waals surface area (Å²) in [5, 5.41) is 3.65. The lowest BCUT2D eigenvalue weighted by Crippen LogP contribution is -2.25. The number of aryl methyl sites for hydroxylation is 1. The summed E-state index contributed by atoms with van der Waals surface area (Å²) in [5.41, 5.74) is 3.62. The fourth-order valence-corrected chi connectivity index (χ4v) is 4.09. The zero-order chi connectivity index (χ0) is 22.4. The maximum absolute atomic E-state index is 12.5. The van der Waals surface area contributed by atoms with Crippen LogP contribution in [0.2, 0.25) is 0 Å². The molecular formula is C26H31NO3S. The van der Waals surface area contributed by atoms with Gasteiger partial charge in [0, 0.05) is 11.4 Å². The van der Waals surface area contributed by atoms with Gasteiger partial charge in [-0.2, -0.15) is 0 Å². The van der Waals surface area contributed by atoms with Crippen LogP contribution in [0.4, 0.5) is 0 Å². The molecule has 0 fully saturated rings. The van der Waals surface area contributed by atoms with Crippen molar-refractivity contribution in [2.24, 2.45) is 0 Å². The average Bonchev–Trinajstić information content (AvgIpc) is 3.19. The molecule has 0 saturated carbocycles. The molecule has 3 aromatic rings. The van der Waals surface area contributed by atoms with Crippen LogP contribution >= 0.6 is 11.8 Å². The molecule has 0 aliphatic carbocycles. The van der Waals surface area contributed by atoms with Gasteiger partial charge in [-0.1, -0.05) is 62.9 Å². The Balaban J connectivity index is 1.60. The van der Waals surface area contributed by atoms with E-state index in [0.29, 0.717) is 30.4 Å². The van der Waals surface area contributed by atoms with Gasteiger partial charge in [0.25, 0.3) is 5.91 Å². The van der Waals surface area contributed by atoms with Gasteiger partial charge in [0.2, 0.25) is 0 Å². The Labute approximate surface area is 189 Å². The van der Waals surface area contributed by atoms with Gasteiger partial charge in [-0.3, -0.25) is 4.79 Å². The van der Waals surface area contributed by atoms with E-state index in [-0.39, 0.29) is 11.3 Å². The first kappa shape index (κ1) is 23.0. The second-order valence-corrected chi connectivity index (χ2v) is 9.54. The highest BCUT2D eigenvalue weighted by atomic mass is 32.2. The lowest BCUT2D eigenvalue weighted by molar-refractivity contribution is 0.0921. The highest BCUT2D eigenvalue weighted by Gasteiger charge is 2.17. The SMILES string of the molecule is CCOc1ccccc1CCNC(=O)c1ccc(Sc2cc(C(C)(C)C)ccc2C)o1. The lowest BCUT2D eigenvalue weighted by Gasteiger charge is -2.20. The van der Waals surface area contributed by atoms with Crippen LogP contribution in [0.15, 0.2) is 69.0 Å². The number of para-hydroxylation sites is 1. The number of amides is 1. The molecule has 0 spiro atoms. The van der Waals surface area contributed by atoms with Crippen molar-refractivity contribution in [3.8, 4) is 5.75 Å². The number of hydrogen-bond donors (Lipinski definition) is 1. The molecule has 1 heterocycles. The van der Waals surface area contributed by atoms with Crippen LogP contribution in [-0.2, 0) is 11.8 Å². The summed E-state index contributed by atoms with van der Waals surface area (Å²) >= 11 is 1.55. The van der Waals surface area contributed by atoms with E-state index >= 15 is 0 Å². The number of ether oxygens (including phenoxy) is 1. The second-order valence-electron chi connectivity index (χ2n) is 8.50. The third kappa shape index (κ3) is 6.17. The van der Waals surface area contributed by atoms with Crippen LogP contribution in [0, 0.1) is 6.92 Å². The van der Waals surface area contributed by atoms with Gasteiger partial charge >= 0.3 is 0 Å². The van der Waals surface area contributed by atoms with Crippen molar-refractivity contribution in [3.05, 3.63) is 77.0 Å². The monoisotopic (exact) mass is 437 g/mol. The molecule has 1 amide bonds. The van der Waals surface area contributed by atoms with E-state index in [2.05, 4.69) is 51.2 Å². The first-order chi connectivity index (χ1) is 14.8. The zero-order valence-electron chi connectivity index (χ0n) is 19.0. The molecule has 31 heavy (non-hydrogen) atoms.